The molecule has 0 bridgehead atoms. The van der Waals surface area contributed by atoms with Crippen LogP contribution in [0.5, 0.6) is 0 Å². The summed E-state index contributed by atoms with van der Waals surface area (Å²) >= 11 is 0. The lowest BCUT2D eigenvalue weighted by atomic mass is 9.95. The van der Waals surface area contributed by atoms with E-state index in [2.05, 4.69) is 27.4 Å². The first kappa shape index (κ1) is 13.5. The summed E-state index contributed by atoms with van der Waals surface area (Å²) in [6.45, 7) is 3.37. The molecule has 5 heteroatoms. The molecule has 0 amide bonds. The van der Waals surface area contributed by atoms with E-state index in [1.165, 1.54) is 19.4 Å². The first-order chi connectivity index (χ1) is 8.78. The lowest BCUT2D eigenvalue weighted by molar-refractivity contribution is 0.199. The van der Waals surface area contributed by atoms with Crippen molar-refractivity contribution in [3.63, 3.8) is 0 Å². The summed E-state index contributed by atoms with van der Waals surface area (Å²) in [6.07, 6.45) is 5.45. The van der Waals surface area contributed by atoms with Crippen molar-refractivity contribution < 1.29 is 4.52 Å². The van der Waals surface area contributed by atoms with Crippen LogP contribution in [-0.2, 0) is 12.8 Å². The number of hydrogen-bond donors (Lipinski definition) is 1. The fraction of sp³-hybridized carbons (Fsp3) is 0.846. The highest BCUT2D eigenvalue weighted by atomic mass is 16.5. The van der Waals surface area contributed by atoms with Gasteiger partial charge < -0.3 is 14.7 Å². The highest BCUT2D eigenvalue weighted by molar-refractivity contribution is 4.89. The van der Waals surface area contributed by atoms with Crippen LogP contribution in [0, 0.1) is 5.92 Å². The molecule has 1 unspecified atom stereocenters. The van der Waals surface area contributed by atoms with Crippen LogP contribution >= 0.6 is 0 Å². The minimum absolute atomic E-state index is 0.675. The van der Waals surface area contributed by atoms with Crippen molar-refractivity contribution >= 4 is 0 Å². The third kappa shape index (κ3) is 4.07. The summed E-state index contributed by atoms with van der Waals surface area (Å²) in [7, 11) is 4.14. The van der Waals surface area contributed by atoms with Crippen LogP contribution in [0.1, 0.15) is 31.0 Å². The Labute approximate surface area is 109 Å². The molecule has 1 N–H and O–H groups in total. The quantitative estimate of drug-likeness (QED) is 0.769. The second-order valence-electron chi connectivity index (χ2n) is 5.29. The first-order valence-corrected chi connectivity index (χ1v) is 6.92. The van der Waals surface area contributed by atoms with Gasteiger partial charge in [0.1, 0.15) is 0 Å². The Hall–Kier alpha value is -0.940. The number of nitrogens with zero attached hydrogens (tertiary/aromatic N) is 3. The third-order valence-electron chi connectivity index (χ3n) is 3.52. The van der Waals surface area contributed by atoms with Crippen LogP contribution in [0.3, 0.4) is 0 Å². The molecular formula is C13H24N4O. The number of piperidine rings is 1. The molecule has 5 nitrogen and oxygen atoms in total. The van der Waals surface area contributed by atoms with Gasteiger partial charge in [-0.2, -0.15) is 4.98 Å². The Morgan fingerprint density at radius 1 is 1.50 bits per heavy atom. The summed E-state index contributed by atoms with van der Waals surface area (Å²) in [5.41, 5.74) is 0. The predicted molar refractivity (Wildman–Crippen MR) is 70.5 cm³/mol. The summed E-state index contributed by atoms with van der Waals surface area (Å²) in [4.78, 5) is 6.86. The lowest BCUT2D eigenvalue weighted by Crippen LogP contribution is -2.33. The molecule has 102 valence electrons. The molecular weight excluding hydrogens is 228 g/mol. The highest BCUT2D eigenvalue weighted by Crippen LogP contribution is 2.19. The molecule has 1 aromatic heterocycles. The lowest BCUT2D eigenvalue weighted by Gasteiger charge is -2.28. The number of rotatable bonds is 6. The summed E-state index contributed by atoms with van der Waals surface area (Å²) in [5, 5.41) is 7.17. The Morgan fingerprint density at radius 3 is 3.17 bits per heavy atom. The molecule has 18 heavy (non-hydrogen) atoms. The van der Waals surface area contributed by atoms with Crippen molar-refractivity contribution in [3.05, 3.63) is 11.7 Å². The highest BCUT2D eigenvalue weighted by Gasteiger charge is 2.20. The molecule has 0 saturated carbocycles. The van der Waals surface area contributed by atoms with Crippen LogP contribution < -0.4 is 5.32 Å². The number of aryl methyl sites for hydroxylation is 1. The van der Waals surface area contributed by atoms with Gasteiger partial charge in [0.15, 0.2) is 5.82 Å². The summed E-state index contributed by atoms with van der Waals surface area (Å²) in [6, 6.07) is 0. The zero-order valence-electron chi connectivity index (χ0n) is 11.5. The molecule has 1 aliphatic heterocycles. The van der Waals surface area contributed by atoms with Crippen molar-refractivity contribution in [1.82, 2.24) is 20.4 Å². The number of nitrogens with one attached hydrogen (secondary N) is 1. The summed E-state index contributed by atoms with van der Waals surface area (Å²) < 4.78 is 5.33. The predicted octanol–water partition coefficient (Wildman–Crippen LogP) is 1.11. The van der Waals surface area contributed by atoms with Crippen LogP contribution in [0.2, 0.25) is 0 Å². The molecule has 0 aromatic carbocycles. The zero-order valence-corrected chi connectivity index (χ0v) is 11.5. The normalized spacial score (nSPS) is 21.3. The van der Waals surface area contributed by atoms with Gasteiger partial charge in [0.25, 0.3) is 0 Å². The van der Waals surface area contributed by atoms with Gasteiger partial charge in [-0.25, -0.2) is 0 Å². The van der Waals surface area contributed by atoms with E-state index in [1.54, 1.807) is 0 Å². The number of aromatic nitrogens is 2. The van der Waals surface area contributed by atoms with E-state index in [0.717, 1.165) is 44.1 Å². The zero-order chi connectivity index (χ0) is 12.8. The Balaban J connectivity index is 1.78. The first-order valence-electron chi connectivity index (χ1n) is 6.92. The molecule has 1 fully saturated rings. The van der Waals surface area contributed by atoms with Gasteiger partial charge in [0.05, 0.1) is 0 Å². The van der Waals surface area contributed by atoms with E-state index in [4.69, 9.17) is 4.52 Å². The fourth-order valence-corrected chi connectivity index (χ4v) is 2.58. The van der Waals surface area contributed by atoms with Crippen LogP contribution in [0.15, 0.2) is 4.52 Å². The van der Waals surface area contributed by atoms with Gasteiger partial charge in [-0.05, 0) is 52.4 Å². The second-order valence-corrected chi connectivity index (χ2v) is 5.29. The van der Waals surface area contributed by atoms with Gasteiger partial charge in [-0.15, -0.1) is 0 Å². The van der Waals surface area contributed by atoms with Crippen molar-refractivity contribution in [2.24, 2.45) is 5.92 Å². The number of likely N-dealkylation sites (tertiary alicyclic amines) is 1. The standard InChI is InChI=1S/C13H24N4O/c1-14-7-3-6-12-15-13(18-16-12)9-11-5-4-8-17(2)10-11/h11,14H,3-10H2,1-2H3. The van der Waals surface area contributed by atoms with E-state index in [9.17, 15) is 0 Å². The van der Waals surface area contributed by atoms with Gasteiger partial charge in [0, 0.05) is 19.4 Å². The molecule has 1 atom stereocenters. The Kier molecular flexibility index (Phi) is 5.13. The van der Waals surface area contributed by atoms with Crippen LogP contribution in [0.25, 0.3) is 0 Å². The van der Waals surface area contributed by atoms with Gasteiger partial charge in [-0.1, -0.05) is 5.16 Å². The molecule has 2 rings (SSSR count). The van der Waals surface area contributed by atoms with E-state index in [1.807, 2.05) is 7.05 Å². The minimum atomic E-state index is 0.675. The number of hydrogen-bond acceptors (Lipinski definition) is 5. The average Bonchev–Trinajstić information content (AvgIpc) is 2.77. The molecule has 1 aromatic rings. The largest absolute Gasteiger partial charge is 0.339 e. The summed E-state index contributed by atoms with van der Waals surface area (Å²) in [5.74, 6) is 2.34. The minimum Gasteiger partial charge on any atom is -0.339 e. The van der Waals surface area contributed by atoms with E-state index in [-0.39, 0.29) is 0 Å². The fourth-order valence-electron chi connectivity index (χ4n) is 2.58. The monoisotopic (exact) mass is 252 g/mol. The average molecular weight is 252 g/mol. The van der Waals surface area contributed by atoms with Crippen LogP contribution in [0.4, 0.5) is 0 Å². The van der Waals surface area contributed by atoms with Crippen molar-refractivity contribution in [2.45, 2.75) is 32.1 Å². The topological polar surface area (TPSA) is 54.2 Å². The molecule has 1 saturated heterocycles. The molecule has 2 heterocycles. The van der Waals surface area contributed by atoms with Gasteiger partial charge in [0.2, 0.25) is 5.89 Å². The second kappa shape index (κ2) is 6.85. The van der Waals surface area contributed by atoms with E-state index in [0.29, 0.717) is 5.92 Å². The Morgan fingerprint density at radius 2 is 2.39 bits per heavy atom. The van der Waals surface area contributed by atoms with Crippen molar-refractivity contribution in [3.8, 4) is 0 Å². The molecule has 1 aliphatic rings. The van der Waals surface area contributed by atoms with Gasteiger partial charge >= 0.3 is 0 Å². The molecule has 0 radical (unpaired) electrons. The van der Waals surface area contributed by atoms with Crippen LogP contribution in [-0.4, -0.2) is 48.8 Å². The molecule has 0 aliphatic carbocycles. The third-order valence-corrected chi connectivity index (χ3v) is 3.52. The van der Waals surface area contributed by atoms with E-state index < -0.39 is 0 Å². The van der Waals surface area contributed by atoms with Crippen molar-refractivity contribution in [1.29, 1.82) is 0 Å². The Bertz CT molecular complexity index is 353. The van der Waals surface area contributed by atoms with Crippen molar-refractivity contribution in [2.75, 3.05) is 33.7 Å². The van der Waals surface area contributed by atoms with Gasteiger partial charge in [-0.3, -0.25) is 0 Å². The molecule has 0 spiro atoms. The van der Waals surface area contributed by atoms with E-state index >= 15 is 0 Å². The SMILES string of the molecule is CNCCCc1noc(CC2CCCN(C)C2)n1. The maximum Gasteiger partial charge on any atom is 0.226 e. The maximum atomic E-state index is 5.33. The smallest absolute Gasteiger partial charge is 0.226 e. The maximum absolute atomic E-state index is 5.33.